The van der Waals surface area contributed by atoms with Crippen LogP contribution >= 0.6 is 0 Å². The number of nitrogens with zero attached hydrogens (tertiary/aromatic N) is 1. The molecule has 13 heavy (non-hydrogen) atoms. The van der Waals surface area contributed by atoms with E-state index >= 15 is 0 Å². The zero-order valence-electron chi connectivity index (χ0n) is 7.20. The molecule has 4 N–H and O–H groups in total. The summed E-state index contributed by atoms with van der Waals surface area (Å²) < 4.78 is 0.510. The first kappa shape index (κ1) is 9.53. The lowest BCUT2D eigenvalue weighted by molar-refractivity contribution is 0.297. The maximum atomic E-state index is 11.2. The summed E-state index contributed by atoms with van der Waals surface area (Å²) in [5.41, 5.74) is -0.415. The first-order chi connectivity index (χ1) is 6.07. The Labute approximate surface area is 73.6 Å². The van der Waals surface area contributed by atoms with Crippen molar-refractivity contribution in [2.24, 2.45) is 0 Å². The molecule has 0 aromatic carbocycles. The van der Waals surface area contributed by atoms with Gasteiger partial charge in [0, 0.05) is 24.3 Å². The van der Waals surface area contributed by atoms with Gasteiger partial charge in [-0.3, -0.25) is 4.79 Å². The highest BCUT2D eigenvalue weighted by atomic mass is 16.3. The summed E-state index contributed by atoms with van der Waals surface area (Å²) in [5.74, 6) is 5.15. The quantitative estimate of drug-likeness (QED) is 0.468. The van der Waals surface area contributed by atoms with E-state index in [1.807, 2.05) is 0 Å². The minimum atomic E-state index is -0.668. The van der Waals surface area contributed by atoms with Crippen LogP contribution in [0.1, 0.15) is 11.3 Å². The predicted octanol–water partition coefficient (Wildman–Crippen LogP) is -1.91. The molecule has 0 aliphatic rings. The Morgan fingerprint density at radius 3 is 2.69 bits per heavy atom. The van der Waals surface area contributed by atoms with E-state index in [1.54, 1.807) is 6.92 Å². The molecule has 1 aromatic heterocycles. The molecule has 0 atom stereocenters. The molecule has 72 valence electrons. The van der Waals surface area contributed by atoms with Gasteiger partial charge in [0.1, 0.15) is 0 Å². The fourth-order valence-corrected chi connectivity index (χ4v) is 1.05. The summed E-state index contributed by atoms with van der Waals surface area (Å²) in [4.78, 5) is 24.6. The van der Waals surface area contributed by atoms with Crippen LogP contribution in [0, 0.1) is 6.92 Å². The van der Waals surface area contributed by atoms with Gasteiger partial charge in [-0.2, -0.15) is 4.68 Å². The molecule has 0 aliphatic carbocycles. The normalized spacial score (nSPS) is 10.3. The van der Waals surface area contributed by atoms with Crippen LogP contribution in [0.25, 0.3) is 0 Å². The van der Waals surface area contributed by atoms with Crippen molar-refractivity contribution in [3.05, 3.63) is 32.1 Å². The Bertz CT molecular complexity index is 418. The van der Waals surface area contributed by atoms with Gasteiger partial charge in [-0.1, -0.05) is 0 Å². The van der Waals surface area contributed by atoms with Crippen LogP contribution in [0.15, 0.2) is 9.59 Å². The van der Waals surface area contributed by atoms with Crippen molar-refractivity contribution in [1.29, 1.82) is 0 Å². The molecule has 0 unspecified atom stereocenters. The number of aliphatic hydroxyl groups is 1. The van der Waals surface area contributed by atoms with Crippen molar-refractivity contribution in [2.45, 2.75) is 13.3 Å². The second-order valence-corrected chi connectivity index (χ2v) is 2.68. The summed E-state index contributed by atoms with van der Waals surface area (Å²) in [7, 11) is 0. The molecule has 6 heteroatoms. The zero-order valence-corrected chi connectivity index (χ0v) is 7.20. The number of aromatic nitrogens is 2. The lowest BCUT2D eigenvalue weighted by Gasteiger charge is -2.04. The van der Waals surface area contributed by atoms with Crippen LogP contribution in [0.4, 0.5) is 0 Å². The van der Waals surface area contributed by atoms with Crippen LogP contribution < -0.4 is 17.1 Å². The molecule has 0 aliphatic heterocycles. The van der Waals surface area contributed by atoms with Crippen LogP contribution in [0.2, 0.25) is 0 Å². The number of aromatic amines is 1. The molecule has 1 rings (SSSR count). The molecule has 0 fully saturated rings. The molecule has 0 saturated heterocycles. The molecule has 0 amide bonds. The number of nitrogen functional groups attached to an aromatic ring is 1. The Morgan fingerprint density at radius 1 is 1.54 bits per heavy atom. The average Bonchev–Trinajstić information content (AvgIpc) is 2.11. The molecular formula is C7H11N3O3. The van der Waals surface area contributed by atoms with Crippen molar-refractivity contribution < 1.29 is 5.11 Å². The zero-order chi connectivity index (χ0) is 10.0. The van der Waals surface area contributed by atoms with Gasteiger partial charge in [0.15, 0.2) is 0 Å². The summed E-state index contributed by atoms with van der Waals surface area (Å²) in [6.07, 6.45) is 0.247. The molecule has 0 bridgehead atoms. The number of hydrogen-bond acceptors (Lipinski definition) is 4. The SMILES string of the molecule is Cc1c(CCO)[nH]c(=O)n(N)c1=O. The monoisotopic (exact) mass is 185 g/mol. The number of aliphatic hydroxyl groups excluding tert-OH is 1. The van der Waals surface area contributed by atoms with Gasteiger partial charge in [0.25, 0.3) is 5.56 Å². The second kappa shape index (κ2) is 3.44. The molecule has 1 aromatic rings. The van der Waals surface area contributed by atoms with Gasteiger partial charge in [-0.15, -0.1) is 0 Å². The lowest BCUT2D eigenvalue weighted by Crippen LogP contribution is -2.42. The van der Waals surface area contributed by atoms with Crippen molar-refractivity contribution in [3.8, 4) is 0 Å². The summed E-state index contributed by atoms with van der Waals surface area (Å²) >= 11 is 0. The Balaban J connectivity index is 3.41. The smallest absolute Gasteiger partial charge is 0.347 e. The predicted molar refractivity (Wildman–Crippen MR) is 47.0 cm³/mol. The topological polar surface area (TPSA) is 101 Å². The molecule has 0 radical (unpaired) electrons. The van der Waals surface area contributed by atoms with E-state index in [-0.39, 0.29) is 13.0 Å². The van der Waals surface area contributed by atoms with E-state index in [0.29, 0.717) is 15.9 Å². The first-order valence-corrected chi connectivity index (χ1v) is 3.78. The number of hydrogen-bond donors (Lipinski definition) is 3. The number of rotatable bonds is 2. The van der Waals surface area contributed by atoms with Crippen molar-refractivity contribution in [3.63, 3.8) is 0 Å². The third kappa shape index (κ3) is 1.62. The molecule has 6 nitrogen and oxygen atoms in total. The molecule has 0 saturated carbocycles. The summed E-state index contributed by atoms with van der Waals surface area (Å²) in [6.45, 7) is 1.43. The molecular weight excluding hydrogens is 174 g/mol. The van der Waals surface area contributed by atoms with Crippen molar-refractivity contribution in [1.82, 2.24) is 9.66 Å². The van der Waals surface area contributed by atoms with Crippen LogP contribution in [-0.2, 0) is 6.42 Å². The van der Waals surface area contributed by atoms with Crippen LogP contribution in [-0.4, -0.2) is 21.4 Å². The summed E-state index contributed by atoms with van der Waals surface area (Å²) in [5, 5.41) is 8.63. The molecule has 1 heterocycles. The highest BCUT2D eigenvalue weighted by Gasteiger charge is 2.06. The maximum absolute atomic E-state index is 11.2. The number of nitrogens with one attached hydrogen (secondary N) is 1. The highest BCUT2D eigenvalue weighted by Crippen LogP contribution is 1.95. The second-order valence-electron chi connectivity index (χ2n) is 2.68. The highest BCUT2D eigenvalue weighted by molar-refractivity contribution is 5.14. The van der Waals surface area contributed by atoms with E-state index in [2.05, 4.69) is 4.98 Å². The fraction of sp³-hybridized carbons (Fsp3) is 0.429. The Hall–Kier alpha value is -1.56. The number of nitrogens with two attached hydrogens (primary N) is 1. The number of H-pyrrole nitrogens is 1. The maximum Gasteiger partial charge on any atom is 0.347 e. The van der Waals surface area contributed by atoms with Gasteiger partial charge in [-0.05, 0) is 6.92 Å². The minimum Gasteiger partial charge on any atom is -0.396 e. The summed E-state index contributed by atoms with van der Waals surface area (Å²) in [6, 6.07) is 0. The standard InChI is InChI=1S/C7H11N3O3/c1-4-5(2-3-11)9-7(13)10(8)6(4)12/h11H,2-3,8H2,1H3,(H,9,13). The Morgan fingerprint density at radius 2 is 2.15 bits per heavy atom. The lowest BCUT2D eigenvalue weighted by atomic mass is 10.2. The largest absolute Gasteiger partial charge is 0.396 e. The van der Waals surface area contributed by atoms with Crippen molar-refractivity contribution in [2.75, 3.05) is 12.4 Å². The van der Waals surface area contributed by atoms with Gasteiger partial charge < -0.3 is 15.9 Å². The van der Waals surface area contributed by atoms with Gasteiger partial charge in [0.2, 0.25) is 0 Å². The van der Waals surface area contributed by atoms with E-state index in [1.165, 1.54) is 0 Å². The van der Waals surface area contributed by atoms with Crippen LogP contribution in [0.5, 0.6) is 0 Å². The third-order valence-electron chi connectivity index (χ3n) is 1.83. The first-order valence-electron chi connectivity index (χ1n) is 3.78. The average molecular weight is 185 g/mol. The van der Waals surface area contributed by atoms with E-state index < -0.39 is 11.2 Å². The van der Waals surface area contributed by atoms with Gasteiger partial charge >= 0.3 is 5.69 Å². The van der Waals surface area contributed by atoms with E-state index in [9.17, 15) is 9.59 Å². The molecule has 0 spiro atoms. The third-order valence-corrected chi connectivity index (χ3v) is 1.83. The van der Waals surface area contributed by atoms with Crippen LogP contribution in [0.3, 0.4) is 0 Å². The fourth-order valence-electron chi connectivity index (χ4n) is 1.05. The van der Waals surface area contributed by atoms with Gasteiger partial charge in [0.05, 0.1) is 0 Å². The van der Waals surface area contributed by atoms with E-state index in [4.69, 9.17) is 10.9 Å². The van der Waals surface area contributed by atoms with E-state index in [0.717, 1.165) is 0 Å². The van der Waals surface area contributed by atoms with Gasteiger partial charge in [-0.25, -0.2) is 4.79 Å². The Kier molecular flexibility index (Phi) is 2.52. The minimum absolute atomic E-state index is 0.120. The van der Waals surface area contributed by atoms with Crippen molar-refractivity contribution >= 4 is 0 Å².